The molecule has 0 unspecified atom stereocenters. The minimum absolute atomic E-state index is 0.161. The third-order valence-corrected chi connectivity index (χ3v) is 6.17. The van der Waals surface area contributed by atoms with Crippen molar-refractivity contribution in [1.82, 2.24) is 14.2 Å². The van der Waals surface area contributed by atoms with Gasteiger partial charge in [-0.25, -0.2) is 12.8 Å². The molecule has 1 fully saturated rings. The lowest BCUT2D eigenvalue weighted by Gasteiger charge is -2.33. The van der Waals surface area contributed by atoms with Crippen molar-refractivity contribution in [2.45, 2.75) is 4.90 Å². The highest BCUT2D eigenvalue weighted by Crippen LogP contribution is 2.23. The zero-order chi connectivity index (χ0) is 18.7. The SMILES string of the molecule is C=CC(=O)N1CCN(S(=O)(=O)c2ccc(-c3cncc(F)c3)cc2)CC1. The molecule has 8 heteroatoms. The van der Waals surface area contributed by atoms with Crippen LogP contribution < -0.4 is 0 Å². The van der Waals surface area contributed by atoms with Crippen LogP contribution in [0.25, 0.3) is 11.1 Å². The molecule has 1 aliphatic heterocycles. The van der Waals surface area contributed by atoms with E-state index in [-0.39, 0.29) is 23.9 Å². The van der Waals surface area contributed by atoms with E-state index in [0.717, 1.165) is 6.20 Å². The summed E-state index contributed by atoms with van der Waals surface area (Å²) in [5.41, 5.74) is 1.25. The second-order valence-corrected chi connectivity index (χ2v) is 7.79. The van der Waals surface area contributed by atoms with E-state index in [9.17, 15) is 17.6 Å². The summed E-state index contributed by atoms with van der Waals surface area (Å²) in [6, 6.07) is 7.58. The Kier molecular flexibility index (Phi) is 5.15. The van der Waals surface area contributed by atoms with Gasteiger partial charge >= 0.3 is 0 Å². The maximum atomic E-state index is 13.3. The van der Waals surface area contributed by atoms with Crippen molar-refractivity contribution in [3.63, 3.8) is 0 Å². The third-order valence-electron chi connectivity index (χ3n) is 4.26. The Bertz CT molecular complexity index is 921. The minimum Gasteiger partial charge on any atom is -0.337 e. The molecular weight excluding hydrogens is 357 g/mol. The van der Waals surface area contributed by atoms with Crippen molar-refractivity contribution in [3.8, 4) is 11.1 Å². The largest absolute Gasteiger partial charge is 0.337 e. The van der Waals surface area contributed by atoms with Crippen LogP contribution in [0.4, 0.5) is 4.39 Å². The van der Waals surface area contributed by atoms with Gasteiger partial charge in [0.2, 0.25) is 15.9 Å². The number of sulfonamides is 1. The van der Waals surface area contributed by atoms with Crippen LogP contribution in [0.2, 0.25) is 0 Å². The highest BCUT2D eigenvalue weighted by Gasteiger charge is 2.29. The zero-order valence-electron chi connectivity index (χ0n) is 14.0. The molecule has 3 rings (SSSR count). The molecule has 0 bridgehead atoms. The maximum Gasteiger partial charge on any atom is 0.246 e. The Balaban J connectivity index is 1.76. The summed E-state index contributed by atoms with van der Waals surface area (Å²) in [5.74, 6) is -0.652. The Morgan fingerprint density at radius 1 is 1.08 bits per heavy atom. The molecule has 1 aromatic heterocycles. The minimum atomic E-state index is -3.65. The number of nitrogens with zero attached hydrogens (tertiary/aromatic N) is 3. The Labute approximate surface area is 151 Å². The first-order valence-electron chi connectivity index (χ1n) is 8.04. The fraction of sp³-hybridized carbons (Fsp3) is 0.222. The summed E-state index contributed by atoms with van der Waals surface area (Å²) in [7, 11) is -3.65. The molecule has 6 nitrogen and oxygen atoms in total. The fourth-order valence-electron chi connectivity index (χ4n) is 2.82. The molecule has 0 saturated carbocycles. The number of hydrogen-bond donors (Lipinski definition) is 0. The van der Waals surface area contributed by atoms with Crippen LogP contribution in [0.5, 0.6) is 0 Å². The van der Waals surface area contributed by atoms with Crippen LogP contribution in [0.3, 0.4) is 0 Å². The standard InChI is InChI=1S/C18H18FN3O3S/c1-2-18(23)21-7-9-22(10-8-21)26(24,25)17-5-3-14(4-6-17)15-11-16(19)13-20-12-15/h2-6,11-13H,1,7-10H2. The number of aromatic nitrogens is 1. The average molecular weight is 375 g/mol. The number of rotatable bonds is 4. The predicted octanol–water partition coefficient (Wildman–Crippen LogP) is 1.91. The smallest absolute Gasteiger partial charge is 0.246 e. The molecule has 1 amide bonds. The Morgan fingerprint density at radius 2 is 1.73 bits per heavy atom. The molecule has 2 aromatic rings. The van der Waals surface area contributed by atoms with Crippen molar-refractivity contribution in [2.24, 2.45) is 0 Å². The normalized spacial score (nSPS) is 15.7. The second-order valence-electron chi connectivity index (χ2n) is 5.85. The molecule has 0 spiro atoms. The van der Waals surface area contributed by atoms with Gasteiger partial charge in [0, 0.05) is 37.9 Å². The van der Waals surface area contributed by atoms with E-state index in [1.54, 1.807) is 17.0 Å². The number of halogens is 1. The topological polar surface area (TPSA) is 70.6 Å². The Hall–Kier alpha value is -2.58. The van der Waals surface area contributed by atoms with E-state index < -0.39 is 15.8 Å². The summed E-state index contributed by atoms with van der Waals surface area (Å²) >= 11 is 0. The van der Waals surface area contributed by atoms with Gasteiger partial charge in [-0.1, -0.05) is 18.7 Å². The molecule has 2 heterocycles. The molecule has 1 saturated heterocycles. The van der Waals surface area contributed by atoms with Crippen LogP contribution in [0, 0.1) is 5.82 Å². The molecule has 0 N–H and O–H groups in total. The van der Waals surface area contributed by atoms with Gasteiger partial charge in [0.05, 0.1) is 11.1 Å². The average Bonchev–Trinajstić information content (AvgIpc) is 2.67. The lowest BCUT2D eigenvalue weighted by Crippen LogP contribution is -2.50. The molecule has 0 atom stereocenters. The number of carbonyl (C=O) groups excluding carboxylic acids is 1. The van der Waals surface area contributed by atoms with E-state index in [4.69, 9.17) is 0 Å². The highest BCUT2D eigenvalue weighted by molar-refractivity contribution is 7.89. The van der Waals surface area contributed by atoms with Crippen LogP contribution in [-0.2, 0) is 14.8 Å². The van der Waals surface area contributed by atoms with Gasteiger partial charge in [-0.05, 0) is 29.8 Å². The number of pyridine rings is 1. The summed E-state index contributed by atoms with van der Waals surface area (Å²) in [4.78, 5) is 17.1. The fourth-order valence-corrected chi connectivity index (χ4v) is 4.24. The first-order chi connectivity index (χ1) is 12.4. The lowest BCUT2D eigenvalue weighted by atomic mass is 10.1. The first-order valence-corrected chi connectivity index (χ1v) is 9.48. The van der Waals surface area contributed by atoms with Crippen molar-refractivity contribution in [3.05, 3.63) is 61.2 Å². The van der Waals surface area contributed by atoms with Gasteiger partial charge in [-0.15, -0.1) is 0 Å². The monoisotopic (exact) mass is 375 g/mol. The highest BCUT2D eigenvalue weighted by atomic mass is 32.2. The maximum absolute atomic E-state index is 13.3. The zero-order valence-corrected chi connectivity index (χ0v) is 14.8. The van der Waals surface area contributed by atoms with Gasteiger partial charge in [-0.2, -0.15) is 4.31 Å². The van der Waals surface area contributed by atoms with Gasteiger partial charge in [0.1, 0.15) is 5.82 Å². The summed E-state index contributed by atoms with van der Waals surface area (Å²) in [5, 5.41) is 0. The quantitative estimate of drug-likeness (QED) is 0.766. The second kappa shape index (κ2) is 7.35. The van der Waals surface area contributed by atoms with Crippen molar-refractivity contribution >= 4 is 15.9 Å². The molecule has 1 aliphatic rings. The summed E-state index contributed by atoms with van der Waals surface area (Å²) < 4.78 is 40.2. The van der Waals surface area contributed by atoms with Gasteiger partial charge in [-0.3, -0.25) is 9.78 Å². The molecule has 26 heavy (non-hydrogen) atoms. The van der Waals surface area contributed by atoms with E-state index in [0.29, 0.717) is 24.2 Å². The molecule has 0 aliphatic carbocycles. The lowest BCUT2D eigenvalue weighted by molar-refractivity contribution is -0.127. The molecular formula is C18H18FN3O3S. The van der Waals surface area contributed by atoms with Crippen LogP contribution in [0.15, 0.2) is 60.3 Å². The molecule has 136 valence electrons. The van der Waals surface area contributed by atoms with E-state index in [1.165, 1.54) is 34.8 Å². The first kappa shape index (κ1) is 18.2. The van der Waals surface area contributed by atoms with Gasteiger partial charge in [0.15, 0.2) is 0 Å². The summed E-state index contributed by atoms with van der Waals surface area (Å²) in [6.07, 6.45) is 3.85. The third kappa shape index (κ3) is 3.66. The van der Waals surface area contributed by atoms with Crippen LogP contribution in [-0.4, -0.2) is 54.7 Å². The van der Waals surface area contributed by atoms with Crippen molar-refractivity contribution in [1.29, 1.82) is 0 Å². The number of benzene rings is 1. The molecule has 0 radical (unpaired) electrons. The van der Waals surface area contributed by atoms with Crippen LogP contribution in [0.1, 0.15) is 0 Å². The number of amides is 1. The van der Waals surface area contributed by atoms with Crippen molar-refractivity contribution in [2.75, 3.05) is 26.2 Å². The number of carbonyl (C=O) groups is 1. The number of piperazine rings is 1. The van der Waals surface area contributed by atoms with E-state index in [1.807, 2.05) is 0 Å². The van der Waals surface area contributed by atoms with Crippen molar-refractivity contribution < 1.29 is 17.6 Å². The Morgan fingerprint density at radius 3 is 2.31 bits per heavy atom. The van der Waals surface area contributed by atoms with Gasteiger partial charge < -0.3 is 4.90 Å². The van der Waals surface area contributed by atoms with Crippen LogP contribution >= 0.6 is 0 Å². The number of hydrogen-bond acceptors (Lipinski definition) is 4. The molecule has 1 aromatic carbocycles. The van der Waals surface area contributed by atoms with E-state index >= 15 is 0 Å². The van der Waals surface area contributed by atoms with Gasteiger partial charge in [0.25, 0.3) is 0 Å². The van der Waals surface area contributed by atoms with E-state index in [2.05, 4.69) is 11.6 Å². The predicted molar refractivity (Wildman–Crippen MR) is 95.2 cm³/mol. The summed E-state index contributed by atoms with van der Waals surface area (Å²) in [6.45, 7) is 4.57.